The van der Waals surface area contributed by atoms with Gasteiger partial charge in [0.2, 0.25) is 0 Å². The molecular formula is C33H35N3O2. The van der Waals surface area contributed by atoms with Gasteiger partial charge in [-0.2, -0.15) is 0 Å². The molecule has 0 saturated heterocycles. The minimum Gasteiger partial charge on any atom is -0.351 e. The topological polar surface area (TPSA) is 54.3 Å². The molecule has 1 unspecified atom stereocenters. The Kier molecular flexibility index (Phi) is 6.52. The fourth-order valence-electron chi connectivity index (χ4n) is 6.28. The molecule has 2 aliphatic rings. The number of amides is 2. The van der Waals surface area contributed by atoms with E-state index in [1.807, 2.05) is 65.6 Å². The molecule has 0 bridgehead atoms. The summed E-state index contributed by atoms with van der Waals surface area (Å²) in [6, 6.07) is 28.3. The van der Waals surface area contributed by atoms with Crippen LogP contribution in [0.1, 0.15) is 65.7 Å². The van der Waals surface area contributed by atoms with Gasteiger partial charge >= 0.3 is 0 Å². The van der Waals surface area contributed by atoms with Crippen molar-refractivity contribution < 1.29 is 9.59 Å². The fraction of sp³-hybridized carbons (Fsp3) is 0.333. The largest absolute Gasteiger partial charge is 0.351 e. The summed E-state index contributed by atoms with van der Waals surface area (Å²) in [6.07, 6.45) is 6.66. The van der Waals surface area contributed by atoms with Gasteiger partial charge in [0.1, 0.15) is 5.69 Å². The highest BCUT2D eigenvalue weighted by Gasteiger charge is 2.52. The maximum atomic E-state index is 14.7. The SMILES string of the molecule is Cc1ccc(CN2C(=O)c3cc4ccccc4n3CC2(C(=O)NC2CCCCCC2)c2ccccc2)cc1. The number of carbonyl (C=O) groups excluding carboxylic acids is 2. The number of hydrogen-bond acceptors (Lipinski definition) is 2. The first kappa shape index (κ1) is 24.5. The average molecular weight is 506 g/mol. The minimum atomic E-state index is -1.18. The molecule has 6 rings (SSSR count). The maximum absolute atomic E-state index is 14.7. The predicted molar refractivity (Wildman–Crippen MR) is 151 cm³/mol. The van der Waals surface area contributed by atoms with Crippen molar-refractivity contribution in [1.29, 1.82) is 0 Å². The number of aryl methyl sites for hydroxylation is 1. The molecule has 1 atom stereocenters. The van der Waals surface area contributed by atoms with Gasteiger partial charge < -0.3 is 14.8 Å². The van der Waals surface area contributed by atoms with Gasteiger partial charge in [-0.25, -0.2) is 0 Å². The zero-order chi connectivity index (χ0) is 26.1. The van der Waals surface area contributed by atoms with E-state index in [0.717, 1.165) is 47.7 Å². The highest BCUT2D eigenvalue weighted by Crippen LogP contribution is 2.40. The molecule has 194 valence electrons. The molecule has 2 amide bonds. The molecular weight excluding hydrogens is 470 g/mol. The normalized spacial score (nSPS) is 20.2. The van der Waals surface area contributed by atoms with Gasteiger partial charge in [-0.1, -0.05) is 104 Å². The van der Waals surface area contributed by atoms with Crippen LogP contribution in [0.5, 0.6) is 0 Å². The lowest BCUT2D eigenvalue weighted by molar-refractivity contribution is -0.136. The first-order valence-corrected chi connectivity index (χ1v) is 13.9. The average Bonchev–Trinajstić information content (AvgIpc) is 3.11. The van der Waals surface area contributed by atoms with Crippen molar-refractivity contribution in [2.24, 2.45) is 0 Å². The van der Waals surface area contributed by atoms with Gasteiger partial charge in [0.25, 0.3) is 11.8 Å². The maximum Gasteiger partial charge on any atom is 0.272 e. The second-order valence-electron chi connectivity index (χ2n) is 10.9. The Morgan fingerprint density at radius 2 is 1.58 bits per heavy atom. The van der Waals surface area contributed by atoms with Gasteiger partial charge in [0.05, 0.1) is 6.54 Å². The summed E-state index contributed by atoms with van der Waals surface area (Å²) in [5.41, 5.74) is 3.45. The number of benzene rings is 3. The molecule has 1 saturated carbocycles. The van der Waals surface area contributed by atoms with Crippen LogP contribution in [-0.2, 0) is 23.4 Å². The van der Waals surface area contributed by atoms with Crippen LogP contribution in [0.4, 0.5) is 0 Å². The van der Waals surface area contributed by atoms with Crippen LogP contribution in [0.3, 0.4) is 0 Å². The third-order valence-electron chi connectivity index (χ3n) is 8.40. The van der Waals surface area contributed by atoms with E-state index < -0.39 is 5.54 Å². The smallest absolute Gasteiger partial charge is 0.272 e. The Hall–Kier alpha value is -3.86. The van der Waals surface area contributed by atoms with E-state index in [2.05, 4.69) is 41.1 Å². The van der Waals surface area contributed by atoms with Crippen molar-refractivity contribution in [2.45, 2.75) is 70.1 Å². The molecule has 5 nitrogen and oxygen atoms in total. The molecule has 4 aromatic rings. The molecule has 1 aliphatic carbocycles. The number of para-hydroxylation sites is 1. The Balaban J connectivity index is 1.52. The Labute approximate surface area is 224 Å². The molecule has 2 heterocycles. The van der Waals surface area contributed by atoms with Crippen LogP contribution >= 0.6 is 0 Å². The summed E-state index contributed by atoms with van der Waals surface area (Å²) >= 11 is 0. The van der Waals surface area contributed by atoms with E-state index in [0.29, 0.717) is 18.8 Å². The summed E-state index contributed by atoms with van der Waals surface area (Å²) < 4.78 is 2.06. The lowest BCUT2D eigenvalue weighted by Gasteiger charge is -2.47. The molecule has 38 heavy (non-hydrogen) atoms. The highest BCUT2D eigenvalue weighted by molar-refractivity contribution is 6.04. The second kappa shape index (κ2) is 10.1. The standard InChI is InChI=1S/C33H35N3O2/c1-24-17-19-25(20-18-24)22-36-31(37)30-21-26-11-9-10-16-29(26)35(30)23-33(36,27-12-5-4-6-13-27)32(38)34-28-14-7-2-3-8-15-28/h4-6,9-13,16-21,28H,2-3,7-8,14-15,22-23H2,1H3,(H,34,38). The summed E-state index contributed by atoms with van der Waals surface area (Å²) in [5, 5.41) is 4.45. The Morgan fingerprint density at radius 3 is 2.32 bits per heavy atom. The summed E-state index contributed by atoms with van der Waals surface area (Å²) in [5.74, 6) is -0.201. The van der Waals surface area contributed by atoms with Gasteiger partial charge in [0, 0.05) is 23.5 Å². The number of aromatic nitrogens is 1. The zero-order valence-corrected chi connectivity index (χ0v) is 22.0. The second-order valence-corrected chi connectivity index (χ2v) is 10.9. The Bertz CT molecular complexity index is 1450. The van der Waals surface area contributed by atoms with Crippen molar-refractivity contribution >= 4 is 22.7 Å². The fourth-order valence-corrected chi connectivity index (χ4v) is 6.28. The van der Waals surface area contributed by atoms with Crippen LogP contribution < -0.4 is 5.32 Å². The van der Waals surface area contributed by atoms with E-state index in [-0.39, 0.29) is 17.9 Å². The molecule has 1 N–H and O–H groups in total. The molecule has 5 heteroatoms. The monoisotopic (exact) mass is 505 g/mol. The van der Waals surface area contributed by atoms with Crippen molar-refractivity contribution in [3.05, 3.63) is 107 Å². The van der Waals surface area contributed by atoms with E-state index in [1.165, 1.54) is 18.4 Å². The molecule has 3 aromatic carbocycles. The highest BCUT2D eigenvalue weighted by atomic mass is 16.2. The van der Waals surface area contributed by atoms with E-state index in [4.69, 9.17) is 0 Å². The number of rotatable bonds is 5. The van der Waals surface area contributed by atoms with E-state index in [9.17, 15) is 9.59 Å². The van der Waals surface area contributed by atoms with Crippen LogP contribution in [0.25, 0.3) is 10.9 Å². The van der Waals surface area contributed by atoms with Gasteiger partial charge in [-0.15, -0.1) is 0 Å². The lowest BCUT2D eigenvalue weighted by Crippen LogP contribution is -2.63. The molecule has 1 aromatic heterocycles. The van der Waals surface area contributed by atoms with Crippen LogP contribution in [0.2, 0.25) is 0 Å². The van der Waals surface area contributed by atoms with Gasteiger partial charge in [0.15, 0.2) is 5.54 Å². The molecule has 0 radical (unpaired) electrons. The number of nitrogens with zero attached hydrogens (tertiary/aromatic N) is 2. The van der Waals surface area contributed by atoms with Gasteiger partial charge in [-0.3, -0.25) is 9.59 Å². The van der Waals surface area contributed by atoms with Crippen LogP contribution in [-0.4, -0.2) is 27.3 Å². The van der Waals surface area contributed by atoms with Crippen molar-refractivity contribution in [2.75, 3.05) is 0 Å². The third kappa shape index (κ3) is 4.30. The van der Waals surface area contributed by atoms with Crippen molar-refractivity contribution in [1.82, 2.24) is 14.8 Å². The predicted octanol–water partition coefficient (Wildman–Crippen LogP) is 6.34. The number of nitrogens with one attached hydrogen (secondary N) is 1. The molecule has 1 fully saturated rings. The third-order valence-corrected chi connectivity index (χ3v) is 8.40. The van der Waals surface area contributed by atoms with Crippen LogP contribution in [0, 0.1) is 6.92 Å². The Morgan fingerprint density at radius 1 is 0.895 bits per heavy atom. The first-order valence-electron chi connectivity index (χ1n) is 13.9. The number of carbonyl (C=O) groups is 2. The quantitative estimate of drug-likeness (QED) is 0.322. The lowest BCUT2D eigenvalue weighted by atomic mass is 9.83. The van der Waals surface area contributed by atoms with E-state index in [1.54, 1.807) is 0 Å². The van der Waals surface area contributed by atoms with Gasteiger partial charge in [-0.05, 0) is 43.0 Å². The summed E-state index contributed by atoms with van der Waals surface area (Å²) in [7, 11) is 0. The molecule has 0 spiro atoms. The van der Waals surface area contributed by atoms with Crippen molar-refractivity contribution in [3.63, 3.8) is 0 Å². The van der Waals surface area contributed by atoms with Crippen LogP contribution in [0.15, 0.2) is 84.9 Å². The summed E-state index contributed by atoms with van der Waals surface area (Å²) in [6.45, 7) is 2.78. The number of hydrogen-bond donors (Lipinski definition) is 1. The van der Waals surface area contributed by atoms with E-state index >= 15 is 0 Å². The zero-order valence-electron chi connectivity index (χ0n) is 22.0. The number of fused-ring (bicyclic) bond motifs is 3. The summed E-state index contributed by atoms with van der Waals surface area (Å²) in [4.78, 5) is 30.9. The van der Waals surface area contributed by atoms with Crippen molar-refractivity contribution in [3.8, 4) is 0 Å². The first-order chi connectivity index (χ1) is 18.6. The minimum absolute atomic E-state index is 0.0838. The molecule has 1 aliphatic heterocycles.